The van der Waals surface area contributed by atoms with E-state index in [-0.39, 0.29) is 18.1 Å². The average Bonchev–Trinajstić information content (AvgIpc) is 2.80. The second-order valence-electron chi connectivity index (χ2n) is 7.91. The molecule has 0 aliphatic rings. The first-order valence-electron chi connectivity index (χ1n) is 11.0. The van der Waals surface area contributed by atoms with Crippen LogP contribution in [0.15, 0.2) is 42.0 Å². The van der Waals surface area contributed by atoms with Crippen molar-refractivity contribution in [2.24, 2.45) is 0 Å². The Morgan fingerprint density at radius 1 is 1.00 bits per heavy atom. The molecule has 0 N–H and O–H groups in total. The van der Waals surface area contributed by atoms with Crippen LogP contribution in [0.4, 0.5) is 8.78 Å². The van der Waals surface area contributed by atoms with Crippen LogP contribution in [0.25, 0.3) is 6.08 Å². The molecule has 0 unspecified atom stereocenters. The fraction of sp³-hybridized carbons (Fsp3) is 0.370. The van der Waals surface area contributed by atoms with Crippen LogP contribution in [0, 0.1) is 11.6 Å². The highest BCUT2D eigenvalue weighted by Gasteiger charge is 2.23. The monoisotopic (exact) mass is 474 g/mol. The maximum absolute atomic E-state index is 14.1. The standard InChI is InChI=1S/C27H32F2O5/c1-18(2)8-12-21-22(7-6-14-31-3)27(26(33-5)16-25(21)34-17-32-4)24(30)13-10-19-9-11-20(28)15-23(19)29/h8-11,13,15-16H,6-7,12,14,17H2,1-5H3/b13-10+. The van der Waals surface area contributed by atoms with E-state index in [1.807, 2.05) is 13.8 Å². The van der Waals surface area contributed by atoms with E-state index in [9.17, 15) is 13.6 Å². The van der Waals surface area contributed by atoms with Crippen LogP contribution < -0.4 is 9.47 Å². The molecule has 0 bridgehead atoms. The molecular formula is C27H32F2O5. The van der Waals surface area contributed by atoms with Gasteiger partial charge in [-0.1, -0.05) is 11.6 Å². The van der Waals surface area contributed by atoms with Gasteiger partial charge in [0.2, 0.25) is 0 Å². The Kier molecular flexibility index (Phi) is 10.9. The van der Waals surface area contributed by atoms with E-state index in [2.05, 4.69) is 6.08 Å². The smallest absolute Gasteiger partial charge is 0.189 e. The van der Waals surface area contributed by atoms with Crippen molar-refractivity contribution in [2.45, 2.75) is 33.1 Å². The van der Waals surface area contributed by atoms with Gasteiger partial charge in [0.05, 0.1) is 12.7 Å². The Hall–Kier alpha value is -3.03. The van der Waals surface area contributed by atoms with Gasteiger partial charge in [0.25, 0.3) is 0 Å². The first-order chi connectivity index (χ1) is 16.3. The number of carbonyl (C=O) groups is 1. The number of methoxy groups -OCH3 is 3. The van der Waals surface area contributed by atoms with Crippen LogP contribution in [0.2, 0.25) is 0 Å². The molecule has 0 aromatic heterocycles. The Balaban J connectivity index is 2.63. The predicted octanol–water partition coefficient (Wildman–Crippen LogP) is 5.94. The van der Waals surface area contributed by atoms with Crippen LogP contribution in [0.1, 0.15) is 47.3 Å². The highest BCUT2D eigenvalue weighted by atomic mass is 19.1. The summed E-state index contributed by atoms with van der Waals surface area (Å²) in [6.45, 7) is 4.54. The Morgan fingerprint density at radius 3 is 2.38 bits per heavy atom. The van der Waals surface area contributed by atoms with Gasteiger partial charge in [-0.3, -0.25) is 4.79 Å². The fourth-order valence-electron chi connectivity index (χ4n) is 3.49. The van der Waals surface area contributed by atoms with Crippen LogP contribution in [0.5, 0.6) is 11.5 Å². The number of halogens is 2. The van der Waals surface area contributed by atoms with Crippen LogP contribution in [-0.4, -0.2) is 40.5 Å². The van der Waals surface area contributed by atoms with Gasteiger partial charge in [0.1, 0.15) is 23.1 Å². The lowest BCUT2D eigenvalue weighted by atomic mass is 9.90. The van der Waals surface area contributed by atoms with Crippen LogP contribution >= 0.6 is 0 Å². The molecule has 0 spiro atoms. The highest BCUT2D eigenvalue weighted by molar-refractivity contribution is 6.10. The van der Waals surface area contributed by atoms with E-state index in [4.69, 9.17) is 18.9 Å². The highest BCUT2D eigenvalue weighted by Crippen LogP contribution is 2.36. The third-order valence-corrected chi connectivity index (χ3v) is 5.14. The average molecular weight is 475 g/mol. The number of carbonyl (C=O) groups excluding carboxylic acids is 1. The van der Waals surface area contributed by atoms with Crippen molar-refractivity contribution < 1.29 is 32.5 Å². The number of allylic oxidation sites excluding steroid dienone is 3. The molecule has 0 radical (unpaired) electrons. The topological polar surface area (TPSA) is 54.0 Å². The third kappa shape index (κ3) is 7.50. The molecule has 184 valence electrons. The van der Waals surface area contributed by atoms with E-state index < -0.39 is 11.6 Å². The van der Waals surface area contributed by atoms with Gasteiger partial charge in [-0.2, -0.15) is 0 Å². The Labute approximate surface area is 200 Å². The van der Waals surface area contributed by atoms with E-state index in [0.29, 0.717) is 42.9 Å². The fourth-order valence-corrected chi connectivity index (χ4v) is 3.49. The number of rotatable bonds is 13. The quantitative estimate of drug-likeness (QED) is 0.118. The molecule has 0 heterocycles. The maximum atomic E-state index is 14.1. The molecule has 0 aliphatic carbocycles. The van der Waals surface area contributed by atoms with Gasteiger partial charge in [-0.15, -0.1) is 0 Å². The number of benzene rings is 2. The summed E-state index contributed by atoms with van der Waals surface area (Å²) >= 11 is 0. The second kappa shape index (κ2) is 13.6. The summed E-state index contributed by atoms with van der Waals surface area (Å²) in [5.74, 6) is -0.880. The van der Waals surface area contributed by atoms with Crippen molar-refractivity contribution in [3.8, 4) is 11.5 Å². The molecule has 0 fully saturated rings. The summed E-state index contributed by atoms with van der Waals surface area (Å²) < 4.78 is 49.0. The van der Waals surface area contributed by atoms with Gasteiger partial charge in [-0.25, -0.2) is 8.78 Å². The van der Waals surface area contributed by atoms with Crippen molar-refractivity contribution >= 4 is 11.9 Å². The van der Waals surface area contributed by atoms with Crippen molar-refractivity contribution in [1.82, 2.24) is 0 Å². The zero-order valence-electron chi connectivity index (χ0n) is 20.4. The van der Waals surface area contributed by atoms with E-state index in [1.54, 1.807) is 13.2 Å². The van der Waals surface area contributed by atoms with Crippen molar-refractivity contribution in [1.29, 1.82) is 0 Å². The third-order valence-electron chi connectivity index (χ3n) is 5.14. The molecule has 2 rings (SSSR count). The predicted molar refractivity (Wildman–Crippen MR) is 129 cm³/mol. The van der Waals surface area contributed by atoms with Gasteiger partial charge in [-0.05, 0) is 63.0 Å². The molecule has 0 atom stereocenters. The van der Waals surface area contributed by atoms with Gasteiger partial charge in [0, 0.05) is 44.1 Å². The minimum absolute atomic E-state index is 0.0412. The van der Waals surface area contributed by atoms with Gasteiger partial charge in [0.15, 0.2) is 12.6 Å². The lowest BCUT2D eigenvalue weighted by Gasteiger charge is -2.20. The zero-order chi connectivity index (χ0) is 25.1. The molecule has 2 aromatic rings. The SMILES string of the molecule is COCCCc1c(CC=C(C)C)c(OCOC)cc(OC)c1C(=O)/C=C/c1ccc(F)cc1F. The molecule has 0 saturated carbocycles. The summed E-state index contributed by atoms with van der Waals surface area (Å²) in [5, 5.41) is 0. The number of hydrogen-bond acceptors (Lipinski definition) is 5. The first kappa shape index (κ1) is 27.2. The molecular weight excluding hydrogens is 442 g/mol. The number of ether oxygens (including phenoxy) is 4. The molecule has 2 aromatic carbocycles. The Bertz CT molecular complexity index is 1040. The van der Waals surface area contributed by atoms with Crippen LogP contribution in [0.3, 0.4) is 0 Å². The maximum Gasteiger partial charge on any atom is 0.189 e. The second-order valence-corrected chi connectivity index (χ2v) is 7.91. The van der Waals surface area contributed by atoms with E-state index in [0.717, 1.165) is 28.8 Å². The summed E-state index contributed by atoms with van der Waals surface area (Å²) in [4.78, 5) is 13.4. The van der Waals surface area contributed by atoms with Crippen molar-refractivity contribution in [2.75, 3.05) is 34.7 Å². The zero-order valence-corrected chi connectivity index (χ0v) is 20.4. The lowest BCUT2D eigenvalue weighted by molar-refractivity contribution is 0.0503. The summed E-state index contributed by atoms with van der Waals surface area (Å²) in [5.41, 5.74) is 3.23. The summed E-state index contributed by atoms with van der Waals surface area (Å²) in [6.07, 6.45) is 6.42. The molecule has 7 heteroatoms. The molecule has 0 saturated heterocycles. The van der Waals surface area contributed by atoms with Crippen molar-refractivity contribution in [3.63, 3.8) is 0 Å². The largest absolute Gasteiger partial charge is 0.496 e. The van der Waals surface area contributed by atoms with E-state index in [1.165, 1.54) is 32.4 Å². The number of hydrogen-bond donors (Lipinski definition) is 0. The van der Waals surface area contributed by atoms with E-state index >= 15 is 0 Å². The number of ketones is 1. The summed E-state index contributed by atoms with van der Waals surface area (Å²) in [7, 11) is 4.63. The molecule has 0 amide bonds. The summed E-state index contributed by atoms with van der Waals surface area (Å²) in [6, 6.07) is 4.88. The normalized spacial score (nSPS) is 11.0. The molecule has 0 aliphatic heterocycles. The minimum Gasteiger partial charge on any atom is -0.496 e. The Morgan fingerprint density at radius 2 is 1.76 bits per heavy atom. The van der Waals surface area contributed by atoms with Crippen molar-refractivity contribution in [3.05, 3.63) is 75.9 Å². The lowest BCUT2D eigenvalue weighted by Crippen LogP contribution is -2.12. The minimum atomic E-state index is -0.746. The molecule has 34 heavy (non-hydrogen) atoms. The first-order valence-corrected chi connectivity index (χ1v) is 11.0. The molecule has 5 nitrogen and oxygen atoms in total. The van der Waals surface area contributed by atoms with Gasteiger partial charge < -0.3 is 18.9 Å². The van der Waals surface area contributed by atoms with Gasteiger partial charge >= 0.3 is 0 Å². The van der Waals surface area contributed by atoms with Crippen LogP contribution in [-0.2, 0) is 22.3 Å².